The number of nitrogens with one attached hydrogen (secondary N) is 1. The third-order valence-electron chi connectivity index (χ3n) is 5.43. The quantitative estimate of drug-likeness (QED) is 0.694. The number of benzene rings is 1. The summed E-state index contributed by atoms with van der Waals surface area (Å²) in [6.07, 6.45) is 8.09. The van der Waals surface area contributed by atoms with E-state index in [9.17, 15) is 4.79 Å². The fraction of sp³-hybridized carbons (Fsp3) is 0.409. The van der Waals surface area contributed by atoms with E-state index in [1.165, 1.54) is 6.42 Å². The van der Waals surface area contributed by atoms with E-state index < -0.39 is 0 Å². The van der Waals surface area contributed by atoms with Gasteiger partial charge in [-0.1, -0.05) is 19.1 Å². The number of para-hydroxylation sites is 1. The number of amides is 1. The van der Waals surface area contributed by atoms with Gasteiger partial charge in [0.1, 0.15) is 17.3 Å². The average Bonchev–Trinajstić information content (AvgIpc) is 3.12. The molecule has 0 saturated carbocycles. The van der Waals surface area contributed by atoms with Crippen molar-refractivity contribution in [3.8, 4) is 17.0 Å². The molecule has 2 aromatic heterocycles. The molecule has 0 bridgehead atoms. The molecule has 0 radical (unpaired) electrons. The van der Waals surface area contributed by atoms with Crippen LogP contribution in [-0.2, 0) is 4.79 Å². The molecule has 1 saturated heterocycles. The van der Waals surface area contributed by atoms with E-state index in [4.69, 9.17) is 9.72 Å². The number of fused-ring (bicyclic) bond motifs is 1. The molecule has 0 unspecified atom stereocenters. The molecule has 29 heavy (non-hydrogen) atoms. The van der Waals surface area contributed by atoms with E-state index in [0.29, 0.717) is 18.9 Å². The highest BCUT2D eigenvalue weighted by Crippen LogP contribution is 2.34. The van der Waals surface area contributed by atoms with Gasteiger partial charge < -0.3 is 15.0 Å². The predicted molar refractivity (Wildman–Crippen MR) is 113 cm³/mol. The van der Waals surface area contributed by atoms with Gasteiger partial charge in [-0.05, 0) is 30.9 Å². The summed E-state index contributed by atoms with van der Waals surface area (Å²) in [7, 11) is 1.65. The molecule has 1 amide bonds. The molecular formula is C22H27N5O2. The summed E-state index contributed by atoms with van der Waals surface area (Å²) in [4.78, 5) is 23.5. The van der Waals surface area contributed by atoms with Crippen LogP contribution < -0.4 is 10.1 Å². The zero-order valence-corrected chi connectivity index (χ0v) is 17.0. The lowest BCUT2D eigenvalue weighted by molar-refractivity contribution is -0.132. The maximum Gasteiger partial charge on any atom is 0.224 e. The summed E-state index contributed by atoms with van der Waals surface area (Å²) in [6, 6.07) is 7.80. The van der Waals surface area contributed by atoms with Crippen LogP contribution in [0.25, 0.3) is 16.9 Å². The van der Waals surface area contributed by atoms with E-state index in [2.05, 4.69) is 17.2 Å². The van der Waals surface area contributed by atoms with Crippen LogP contribution in [0.5, 0.6) is 5.75 Å². The Kier molecular flexibility index (Phi) is 5.64. The fourth-order valence-electron chi connectivity index (χ4n) is 3.97. The Morgan fingerprint density at radius 3 is 3.03 bits per heavy atom. The molecule has 3 aromatic rings. The molecule has 7 heteroatoms. The number of piperidine rings is 1. The van der Waals surface area contributed by atoms with Crippen molar-refractivity contribution in [2.75, 3.05) is 32.1 Å². The van der Waals surface area contributed by atoms with Crippen molar-refractivity contribution >= 4 is 17.4 Å². The number of nitrogens with zero attached hydrogens (tertiary/aromatic N) is 4. The average molecular weight is 393 g/mol. The molecule has 1 aromatic carbocycles. The summed E-state index contributed by atoms with van der Waals surface area (Å²) in [5.41, 5.74) is 2.43. The first-order valence-electron chi connectivity index (χ1n) is 10.1. The van der Waals surface area contributed by atoms with Gasteiger partial charge in [0.2, 0.25) is 5.91 Å². The Labute approximate surface area is 170 Å². The molecule has 152 valence electrons. The lowest BCUT2D eigenvalue weighted by Gasteiger charge is -2.31. The number of rotatable bonds is 6. The Hall–Kier alpha value is -3.09. The molecule has 1 fully saturated rings. The van der Waals surface area contributed by atoms with Crippen LogP contribution in [0.4, 0.5) is 5.82 Å². The van der Waals surface area contributed by atoms with E-state index in [0.717, 1.165) is 48.0 Å². The smallest absolute Gasteiger partial charge is 0.224 e. The lowest BCUT2D eigenvalue weighted by atomic mass is 10.00. The van der Waals surface area contributed by atoms with Gasteiger partial charge in [-0.3, -0.25) is 14.2 Å². The fourth-order valence-corrected chi connectivity index (χ4v) is 3.97. The molecule has 3 heterocycles. The number of aromatic nitrogens is 3. The van der Waals surface area contributed by atoms with Crippen molar-refractivity contribution in [1.82, 2.24) is 19.3 Å². The minimum Gasteiger partial charge on any atom is -0.496 e. The second-order valence-electron chi connectivity index (χ2n) is 7.58. The minimum atomic E-state index is 0.207. The number of methoxy groups -OCH3 is 1. The Morgan fingerprint density at radius 2 is 2.21 bits per heavy atom. The van der Waals surface area contributed by atoms with Crippen molar-refractivity contribution in [2.24, 2.45) is 5.92 Å². The Balaban J connectivity index is 1.56. The topological polar surface area (TPSA) is 71.8 Å². The van der Waals surface area contributed by atoms with Gasteiger partial charge >= 0.3 is 0 Å². The first-order chi connectivity index (χ1) is 14.2. The normalized spacial score (nSPS) is 16.8. The van der Waals surface area contributed by atoms with E-state index in [1.807, 2.05) is 39.8 Å². The third-order valence-corrected chi connectivity index (χ3v) is 5.43. The number of hydrogen-bond donors (Lipinski definition) is 1. The van der Waals surface area contributed by atoms with Gasteiger partial charge in [-0.15, -0.1) is 0 Å². The number of imidazole rings is 1. The van der Waals surface area contributed by atoms with Crippen molar-refractivity contribution in [2.45, 2.75) is 26.2 Å². The first kappa shape index (κ1) is 19.2. The number of carbonyl (C=O) groups is 1. The third kappa shape index (κ3) is 4.04. The van der Waals surface area contributed by atoms with Gasteiger partial charge in [0, 0.05) is 44.0 Å². The zero-order valence-electron chi connectivity index (χ0n) is 17.0. The molecular weight excluding hydrogens is 366 g/mol. The Bertz CT molecular complexity index is 1000. The van der Waals surface area contributed by atoms with Gasteiger partial charge in [0.15, 0.2) is 5.65 Å². The van der Waals surface area contributed by atoms with Crippen molar-refractivity contribution < 1.29 is 9.53 Å². The minimum absolute atomic E-state index is 0.207. The van der Waals surface area contributed by atoms with Crippen LogP contribution in [0.3, 0.4) is 0 Å². The highest BCUT2D eigenvalue weighted by molar-refractivity contribution is 5.81. The van der Waals surface area contributed by atoms with Crippen molar-refractivity contribution in [1.29, 1.82) is 0 Å². The molecule has 7 nitrogen and oxygen atoms in total. The highest BCUT2D eigenvalue weighted by atomic mass is 16.5. The second-order valence-corrected chi connectivity index (χ2v) is 7.58. The largest absolute Gasteiger partial charge is 0.496 e. The zero-order chi connectivity index (χ0) is 20.2. The number of hydrogen-bond acceptors (Lipinski definition) is 5. The maximum atomic E-state index is 12.6. The first-order valence-corrected chi connectivity index (χ1v) is 10.1. The molecule has 4 rings (SSSR count). The van der Waals surface area contributed by atoms with Crippen LogP contribution in [0.2, 0.25) is 0 Å². The number of anilines is 1. The van der Waals surface area contributed by atoms with Gasteiger partial charge in [0.05, 0.1) is 13.3 Å². The van der Waals surface area contributed by atoms with Gasteiger partial charge in [-0.25, -0.2) is 4.98 Å². The van der Waals surface area contributed by atoms with Crippen LogP contribution in [-0.4, -0.2) is 51.9 Å². The summed E-state index contributed by atoms with van der Waals surface area (Å²) in [5.74, 6) is 2.39. The molecule has 0 spiro atoms. The van der Waals surface area contributed by atoms with Crippen LogP contribution in [0.1, 0.15) is 26.2 Å². The van der Waals surface area contributed by atoms with E-state index in [-0.39, 0.29) is 5.91 Å². The number of ether oxygens (including phenoxy) is 1. The Morgan fingerprint density at radius 1 is 1.34 bits per heavy atom. The van der Waals surface area contributed by atoms with Crippen LogP contribution >= 0.6 is 0 Å². The molecule has 1 aliphatic heterocycles. The molecule has 1 N–H and O–H groups in total. The van der Waals surface area contributed by atoms with Crippen molar-refractivity contribution in [3.63, 3.8) is 0 Å². The van der Waals surface area contributed by atoms with E-state index >= 15 is 0 Å². The number of carbonyl (C=O) groups excluding carboxylic acids is 1. The van der Waals surface area contributed by atoms with Crippen molar-refractivity contribution in [3.05, 3.63) is 42.9 Å². The monoisotopic (exact) mass is 393 g/mol. The highest BCUT2D eigenvalue weighted by Gasteiger charge is 2.21. The standard InChI is InChI=1S/C22H27N5O2/c1-16-6-5-12-26(15-16)20(28)9-10-24-22-21(17-7-3-4-8-18(17)29-2)25-19-14-23-11-13-27(19)22/h3-4,7-8,11,13-14,16,24H,5-6,9-10,12,15H2,1-2H3/t16-/m0/s1. The summed E-state index contributed by atoms with van der Waals surface area (Å²) in [5, 5.41) is 3.44. The van der Waals surface area contributed by atoms with E-state index in [1.54, 1.807) is 19.5 Å². The lowest BCUT2D eigenvalue weighted by Crippen LogP contribution is -2.39. The molecule has 1 atom stereocenters. The summed E-state index contributed by atoms with van der Waals surface area (Å²) in [6.45, 7) is 4.50. The maximum absolute atomic E-state index is 12.6. The van der Waals surface area contributed by atoms with Gasteiger partial charge in [0.25, 0.3) is 0 Å². The van der Waals surface area contributed by atoms with Gasteiger partial charge in [-0.2, -0.15) is 0 Å². The summed E-state index contributed by atoms with van der Waals surface area (Å²) >= 11 is 0. The molecule has 1 aliphatic rings. The van der Waals surface area contributed by atoms with Crippen LogP contribution in [0.15, 0.2) is 42.9 Å². The SMILES string of the molecule is COc1ccccc1-c1nc2cnccn2c1NCCC(=O)N1CCC[C@H](C)C1. The molecule has 0 aliphatic carbocycles. The number of likely N-dealkylation sites (tertiary alicyclic amines) is 1. The van der Waals surface area contributed by atoms with Crippen LogP contribution in [0, 0.1) is 5.92 Å². The predicted octanol–water partition coefficient (Wildman–Crippen LogP) is 3.47. The second kappa shape index (κ2) is 8.51. The summed E-state index contributed by atoms with van der Waals surface area (Å²) < 4.78 is 7.49.